The quantitative estimate of drug-likeness (QED) is 0.569. The van der Waals surface area contributed by atoms with Crippen molar-refractivity contribution in [1.82, 2.24) is 15.2 Å². The molecule has 19 heavy (non-hydrogen) atoms. The van der Waals surface area contributed by atoms with E-state index in [1.54, 1.807) is 12.3 Å². The molecule has 6 nitrogen and oxygen atoms in total. The lowest BCUT2D eigenvalue weighted by atomic mass is 10.2. The molecule has 6 heteroatoms. The van der Waals surface area contributed by atoms with Gasteiger partial charge in [-0.25, -0.2) is 0 Å². The van der Waals surface area contributed by atoms with Gasteiger partial charge in [-0.15, -0.1) is 0 Å². The first-order valence-electron chi connectivity index (χ1n) is 5.88. The first kappa shape index (κ1) is 11.3. The zero-order chi connectivity index (χ0) is 13.2. The summed E-state index contributed by atoms with van der Waals surface area (Å²) in [6.45, 7) is 0.497. The second-order valence-corrected chi connectivity index (χ2v) is 4.26. The van der Waals surface area contributed by atoms with Crippen molar-refractivity contribution in [3.8, 4) is 0 Å². The smallest absolute Gasteiger partial charge is 0.257 e. The van der Waals surface area contributed by atoms with Crippen molar-refractivity contribution in [2.75, 3.05) is 11.1 Å². The van der Waals surface area contributed by atoms with Crippen LogP contribution < -0.4 is 16.6 Å². The highest BCUT2D eigenvalue weighted by Gasteiger charge is 2.03. The number of fused-ring (bicyclic) bond motifs is 1. The van der Waals surface area contributed by atoms with Crippen LogP contribution in [0.15, 0.2) is 41.3 Å². The van der Waals surface area contributed by atoms with E-state index in [1.165, 1.54) is 0 Å². The summed E-state index contributed by atoms with van der Waals surface area (Å²) in [5.41, 5.74) is 6.44. The Bertz CT molecular complexity index is 774. The Morgan fingerprint density at radius 2 is 2.16 bits per heavy atom. The van der Waals surface area contributed by atoms with Gasteiger partial charge in [-0.3, -0.25) is 9.89 Å². The van der Waals surface area contributed by atoms with Gasteiger partial charge in [0.05, 0.1) is 6.20 Å². The molecule has 3 rings (SSSR count). The maximum absolute atomic E-state index is 11.9. The van der Waals surface area contributed by atoms with Crippen LogP contribution in [0.3, 0.4) is 0 Å². The lowest BCUT2D eigenvalue weighted by Gasteiger charge is -2.06. The molecule has 0 aliphatic rings. The molecule has 0 atom stereocenters. The van der Waals surface area contributed by atoms with Crippen LogP contribution in [0.1, 0.15) is 5.56 Å². The summed E-state index contributed by atoms with van der Waals surface area (Å²) in [6, 6.07) is 9.34. The highest BCUT2D eigenvalue weighted by atomic mass is 16.1. The van der Waals surface area contributed by atoms with Gasteiger partial charge in [0.15, 0.2) is 0 Å². The Morgan fingerprint density at radius 1 is 1.32 bits per heavy atom. The lowest BCUT2D eigenvalue weighted by Crippen LogP contribution is -2.11. The number of aromatic nitrogens is 3. The minimum absolute atomic E-state index is 0.110. The highest BCUT2D eigenvalue weighted by Crippen LogP contribution is 2.14. The molecule has 1 aromatic carbocycles. The third-order valence-corrected chi connectivity index (χ3v) is 2.97. The molecule has 0 spiro atoms. The molecule has 0 saturated heterocycles. The average Bonchev–Trinajstić information content (AvgIpc) is 2.82. The molecule has 0 aliphatic heterocycles. The van der Waals surface area contributed by atoms with Gasteiger partial charge >= 0.3 is 0 Å². The van der Waals surface area contributed by atoms with Crippen molar-refractivity contribution >= 4 is 22.4 Å². The number of pyridine rings is 1. The Morgan fingerprint density at radius 3 is 2.95 bits per heavy atom. The number of benzene rings is 1. The van der Waals surface area contributed by atoms with Crippen LogP contribution >= 0.6 is 0 Å². The summed E-state index contributed by atoms with van der Waals surface area (Å²) in [7, 11) is 0. The number of nitrogens with zero attached hydrogens (tertiary/aromatic N) is 1. The molecule has 0 fully saturated rings. The number of nitrogens with two attached hydrogens (primary N) is 1. The van der Waals surface area contributed by atoms with E-state index in [-0.39, 0.29) is 5.56 Å². The molecule has 0 aliphatic carbocycles. The van der Waals surface area contributed by atoms with E-state index in [0.29, 0.717) is 23.6 Å². The number of aromatic amines is 2. The molecule has 0 unspecified atom stereocenters. The number of H-pyrrole nitrogens is 2. The first-order valence-corrected chi connectivity index (χ1v) is 5.88. The summed E-state index contributed by atoms with van der Waals surface area (Å²) >= 11 is 0. The maximum atomic E-state index is 11.9. The number of anilines is 2. The molecular formula is C13H13N5O. The number of nitrogen functional groups attached to an aromatic ring is 1. The van der Waals surface area contributed by atoms with Crippen molar-refractivity contribution in [3.63, 3.8) is 0 Å². The summed E-state index contributed by atoms with van der Waals surface area (Å²) in [5.74, 6) is 1.18. The Balaban J connectivity index is 1.90. The fraction of sp³-hybridized carbons (Fsp3) is 0.0769. The predicted octanol–water partition coefficient (Wildman–Crippen LogP) is 1.45. The third-order valence-electron chi connectivity index (χ3n) is 2.97. The topological polar surface area (TPSA) is 99.6 Å². The van der Waals surface area contributed by atoms with Gasteiger partial charge in [0.2, 0.25) is 0 Å². The van der Waals surface area contributed by atoms with E-state index >= 15 is 0 Å². The highest BCUT2D eigenvalue weighted by molar-refractivity contribution is 5.83. The number of hydrogen-bond acceptors (Lipinski definition) is 4. The number of hydrogen-bond donors (Lipinski definition) is 4. The fourth-order valence-electron chi connectivity index (χ4n) is 1.96. The van der Waals surface area contributed by atoms with Crippen LogP contribution in [-0.2, 0) is 6.54 Å². The minimum Gasteiger partial charge on any atom is -0.384 e. The van der Waals surface area contributed by atoms with Crippen molar-refractivity contribution in [1.29, 1.82) is 0 Å². The molecule has 96 valence electrons. The van der Waals surface area contributed by atoms with Gasteiger partial charge in [-0.2, -0.15) is 5.10 Å². The van der Waals surface area contributed by atoms with Crippen molar-refractivity contribution in [2.45, 2.75) is 6.54 Å². The SMILES string of the molecule is Nc1[nH]ncc1CNc1cc2ccccc2c(=O)[nH]1. The van der Waals surface area contributed by atoms with Crippen LogP contribution in [-0.4, -0.2) is 15.2 Å². The molecule has 3 aromatic rings. The molecule has 0 radical (unpaired) electrons. The van der Waals surface area contributed by atoms with E-state index in [1.807, 2.05) is 24.3 Å². The van der Waals surface area contributed by atoms with E-state index in [9.17, 15) is 4.79 Å². The summed E-state index contributed by atoms with van der Waals surface area (Å²) < 4.78 is 0. The zero-order valence-electron chi connectivity index (χ0n) is 10.1. The Labute approximate surface area is 108 Å². The molecule has 0 bridgehead atoms. The van der Waals surface area contributed by atoms with Crippen LogP contribution in [0.2, 0.25) is 0 Å². The molecular weight excluding hydrogens is 242 g/mol. The number of nitrogens with one attached hydrogen (secondary N) is 3. The fourth-order valence-corrected chi connectivity index (χ4v) is 1.96. The van der Waals surface area contributed by atoms with Gasteiger partial charge in [-0.1, -0.05) is 18.2 Å². The van der Waals surface area contributed by atoms with Crippen LogP contribution in [0.4, 0.5) is 11.6 Å². The van der Waals surface area contributed by atoms with Gasteiger partial charge in [0, 0.05) is 17.5 Å². The molecule has 0 saturated carbocycles. The summed E-state index contributed by atoms with van der Waals surface area (Å²) in [6.07, 6.45) is 1.65. The third kappa shape index (κ3) is 2.15. The van der Waals surface area contributed by atoms with Crippen LogP contribution in [0.5, 0.6) is 0 Å². The van der Waals surface area contributed by atoms with Gasteiger partial charge in [-0.05, 0) is 17.5 Å². The second-order valence-electron chi connectivity index (χ2n) is 4.26. The van der Waals surface area contributed by atoms with E-state index in [0.717, 1.165) is 10.9 Å². The maximum Gasteiger partial charge on any atom is 0.257 e. The normalized spacial score (nSPS) is 10.7. The molecule has 2 aromatic heterocycles. The van der Waals surface area contributed by atoms with Crippen molar-refractivity contribution in [3.05, 3.63) is 52.4 Å². The molecule has 0 amide bonds. The van der Waals surface area contributed by atoms with Crippen LogP contribution in [0, 0.1) is 0 Å². The average molecular weight is 255 g/mol. The summed E-state index contributed by atoms with van der Waals surface area (Å²) in [4.78, 5) is 14.7. The predicted molar refractivity (Wildman–Crippen MR) is 74.9 cm³/mol. The lowest BCUT2D eigenvalue weighted by molar-refractivity contribution is 1.10. The van der Waals surface area contributed by atoms with Crippen molar-refractivity contribution in [2.24, 2.45) is 0 Å². The van der Waals surface area contributed by atoms with E-state index < -0.39 is 0 Å². The Hall–Kier alpha value is -2.76. The second kappa shape index (κ2) is 4.49. The monoisotopic (exact) mass is 255 g/mol. The van der Waals surface area contributed by atoms with Gasteiger partial charge in [0.25, 0.3) is 5.56 Å². The standard InChI is InChI=1S/C13H13N5O/c14-12-9(7-16-18-12)6-15-11-5-8-3-1-2-4-10(8)13(19)17-11/h1-5,7H,6H2,(H3,14,16,18)(H2,15,17,19). The Kier molecular flexibility index (Phi) is 2.68. The van der Waals surface area contributed by atoms with Crippen molar-refractivity contribution < 1.29 is 0 Å². The van der Waals surface area contributed by atoms with E-state index in [2.05, 4.69) is 20.5 Å². The minimum atomic E-state index is -0.110. The van der Waals surface area contributed by atoms with E-state index in [4.69, 9.17) is 5.73 Å². The molecule has 2 heterocycles. The van der Waals surface area contributed by atoms with Crippen LogP contribution in [0.25, 0.3) is 10.8 Å². The van der Waals surface area contributed by atoms with Gasteiger partial charge in [0.1, 0.15) is 11.6 Å². The zero-order valence-corrected chi connectivity index (χ0v) is 10.1. The van der Waals surface area contributed by atoms with Gasteiger partial charge < -0.3 is 16.0 Å². The number of rotatable bonds is 3. The largest absolute Gasteiger partial charge is 0.384 e. The summed E-state index contributed by atoms with van der Waals surface area (Å²) in [5, 5.41) is 11.2. The first-order chi connectivity index (χ1) is 9.24. The molecule has 5 N–H and O–H groups in total.